The number of nitrogens with zero attached hydrogens (tertiary/aromatic N) is 2. The monoisotopic (exact) mass is 260 g/mol. The molecule has 0 aliphatic heterocycles. The van der Waals surface area contributed by atoms with Crippen molar-refractivity contribution in [2.24, 2.45) is 4.99 Å². The fraction of sp³-hybridized carbons (Fsp3) is 0. The van der Waals surface area contributed by atoms with Crippen molar-refractivity contribution >= 4 is 23.1 Å². The first-order chi connectivity index (χ1) is 9.31. The molecule has 0 atom stereocenters. The number of isothiocyanates is 1. The second-order valence-electron chi connectivity index (χ2n) is 3.69. The minimum Gasteiger partial charge on any atom is -0.195 e. The van der Waals surface area contributed by atoms with Crippen molar-refractivity contribution in [2.75, 3.05) is 0 Å². The molecule has 0 saturated carbocycles. The van der Waals surface area contributed by atoms with Crippen LogP contribution in [0.4, 0.5) is 5.69 Å². The van der Waals surface area contributed by atoms with E-state index >= 15 is 0 Å². The number of thiocarbonyl (C=S) groups is 1. The third-order valence-corrected chi connectivity index (χ3v) is 2.50. The maximum atomic E-state index is 8.70. The molecule has 2 nitrogen and oxygen atoms in total. The molecule has 2 aromatic rings. The summed E-state index contributed by atoms with van der Waals surface area (Å²) in [7, 11) is 0. The molecule has 0 unspecified atom stereocenters. The molecule has 2 rings (SSSR count). The van der Waals surface area contributed by atoms with Crippen LogP contribution in [0.3, 0.4) is 0 Å². The van der Waals surface area contributed by atoms with E-state index in [0.29, 0.717) is 5.56 Å². The van der Waals surface area contributed by atoms with Crippen molar-refractivity contribution in [2.45, 2.75) is 0 Å². The van der Waals surface area contributed by atoms with Gasteiger partial charge in [0, 0.05) is 11.1 Å². The molecule has 0 bridgehead atoms. The van der Waals surface area contributed by atoms with E-state index in [1.54, 1.807) is 12.1 Å². The van der Waals surface area contributed by atoms with E-state index in [1.165, 1.54) is 0 Å². The van der Waals surface area contributed by atoms with Crippen LogP contribution in [0.5, 0.6) is 0 Å². The molecule has 3 heteroatoms. The fourth-order valence-electron chi connectivity index (χ4n) is 1.44. The second-order valence-corrected chi connectivity index (χ2v) is 3.87. The molecule has 2 aromatic carbocycles. The lowest BCUT2D eigenvalue weighted by atomic mass is 10.1. The minimum atomic E-state index is 0.632. The van der Waals surface area contributed by atoms with Gasteiger partial charge in [-0.3, -0.25) is 0 Å². The number of nitriles is 1. The van der Waals surface area contributed by atoms with E-state index in [2.05, 4.69) is 40.3 Å². The molecule has 0 fully saturated rings. The predicted molar refractivity (Wildman–Crippen MR) is 78.3 cm³/mol. The summed E-state index contributed by atoms with van der Waals surface area (Å²) >= 11 is 4.53. The summed E-state index contributed by atoms with van der Waals surface area (Å²) in [5.41, 5.74) is 3.17. The summed E-state index contributed by atoms with van der Waals surface area (Å²) in [5.74, 6) is 6.08. The van der Waals surface area contributed by atoms with Gasteiger partial charge in [-0.2, -0.15) is 10.3 Å². The summed E-state index contributed by atoms with van der Waals surface area (Å²) < 4.78 is 0. The summed E-state index contributed by atoms with van der Waals surface area (Å²) in [4.78, 5) is 3.87. The second kappa shape index (κ2) is 6.28. The van der Waals surface area contributed by atoms with Crippen LogP contribution in [-0.4, -0.2) is 5.16 Å². The maximum Gasteiger partial charge on any atom is 0.0991 e. The number of hydrogen-bond acceptors (Lipinski definition) is 3. The summed E-state index contributed by atoms with van der Waals surface area (Å²) in [6.07, 6.45) is 0. The smallest absolute Gasteiger partial charge is 0.0991 e. The number of hydrogen-bond donors (Lipinski definition) is 0. The van der Waals surface area contributed by atoms with Gasteiger partial charge >= 0.3 is 0 Å². The van der Waals surface area contributed by atoms with Crippen molar-refractivity contribution in [3.8, 4) is 17.9 Å². The molecule has 0 radical (unpaired) electrons. The Balaban J connectivity index is 2.18. The van der Waals surface area contributed by atoms with Gasteiger partial charge in [0.1, 0.15) is 0 Å². The van der Waals surface area contributed by atoms with Crippen LogP contribution in [-0.2, 0) is 0 Å². The third kappa shape index (κ3) is 3.63. The first kappa shape index (κ1) is 12.7. The summed E-state index contributed by atoms with van der Waals surface area (Å²) in [5, 5.41) is 11.0. The van der Waals surface area contributed by atoms with E-state index in [-0.39, 0.29) is 0 Å². The average molecular weight is 260 g/mol. The van der Waals surface area contributed by atoms with Crippen molar-refractivity contribution < 1.29 is 0 Å². The van der Waals surface area contributed by atoms with Gasteiger partial charge in [-0.05, 0) is 60.7 Å². The lowest BCUT2D eigenvalue weighted by Gasteiger charge is -1.92. The highest BCUT2D eigenvalue weighted by Gasteiger charge is 1.91. The highest BCUT2D eigenvalue weighted by atomic mass is 32.1. The van der Waals surface area contributed by atoms with Gasteiger partial charge in [0.2, 0.25) is 0 Å². The average Bonchev–Trinajstić information content (AvgIpc) is 2.47. The Hall–Kier alpha value is -2.71. The molecule has 88 valence electrons. The molecule has 0 aliphatic rings. The Bertz CT molecular complexity index is 720. The molecule has 0 spiro atoms. The van der Waals surface area contributed by atoms with Crippen molar-refractivity contribution in [1.82, 2.24) is 0 Å². The highest BCUT2D eigenvalue weighted by molar-refractivity contribution is 7.78. The van der Waals surface area contributed by atoms with Gasteiger partial charge < -0.3 is 0 Å². The van der Waals surface area contributed by atoms with E-state index < -0.39 is 0 Å². The zero-order valence-electron chi connectivity index (χ0n) is 9.92. The molecule has 0 N–H and O–H groups in total. The van der Waals surface area contributed by atoms with Crippen LogP contribution in [0.2, 0.25) is 0 Å². The molecule has 0 saturated heterocycles. The van der Waals surface area contributed by atoms with Crippen molar-refractivity contribution in [3.05, 3.63) is 65.2 Å². The van der Waals surface area contributed by atoms with Crippen LogP contribution in [0.15, 0.2) is 53.5 Å². The third-order valence-electron chi connectivity index (χ3n) is 2.41. The highest BCUT2D eigenvalue weighted by Crippen LogP contribution is 2.11. The fourth-order valence-corrected chi connectivity index (χ4v) is 1.55. The number of aliphatic imine (C=N–C) groups is 1. The van der Waals surface area contributed by atoms with Gasteiger partial charge in [0.15, 0.2) is 0 Å². The summed E-state index contributed by atoms with van der Waals surface area (Å²) in [6.45, 7) is 0. The standard InChI is InChI=1S/C16H8N2S/c17-11-15-5-3-13(4-6-15)1-2-14-7-9-16(10-8-14)18-12-19/h3-10H. The first-order valence-electron chi connectivity index (χ1n) is 5.52. The normalized spacial score (nSPS) is 8.58. The van der Waals surface area contributed by atoms with E-state index in [1.807, 2.05) is 36.4 Å². The Kier molecular flexibility index (Phi) is 4.21. The summed E-state index contributed by atoms with van der Waals surface area (Å²) in [6, 6.07) is 16.7. The quantitative estimate of drug-likeness (QED) is 0.445. The number of rotatable bonds is 1. The lowest BCUT2D eigenvalue weighted by Crippen LogP contribution is -1.77. The molecule has 0 heterocycles. The molecule has 19 heavy (non-hydrogen) atoms. The molecule has 0 amide bonds. The van der Waals surface area contributed by atoms with Gasteiger partial charge in [-0.25, -0.2) is 0 Å². The Morgan fingerprint density at radius 1 is 0.789 bits per heavy atom. The van der Waals surface area contributed by atoms with Gasteiger partial charge in [-0.1, -0.05) is 11.8 Å². The van der Waals surface area contributed by atoms with Crippen molar-refractivity contribution in [1.29, 1.82) is 5.26 Å². The Morgan fingerprint density at radius 3 is 1.74 bits per heavy atom. The molecule has 0 aliphatic carbocycles. The van der Waals surface area contributed by atoms with Gasteiger partial charge in [-0.15, -0.1) is 0 Å². The first-order valence-corrected chi connectivity index (χ1v) is 5.93. The zero-order valence-corrected chi connectivity index (χ0v) is 10.7. The van der Waals surface area contributed by atoms with Gasteiger partial charge in [0.05, 0.1) is 22.5 Å². The largest absolute Gasteiger partial charge is 0.195 e. The maximum absolute atomic E-state index is 8.70. The van der Waals surface area contributed by atoms with Crippen LogP contribution >= 0.6 is 12.2 Å². The van der Waals surface area contributed by atoms with Crippen LogP contribution in [0.1, 0.15) is 16.7 Å². The van der Waals surface area contributed by atoms with E-state index in [9.17, 15) is 0 Å². The lowest BCUT2D eigenvalue weighted by molar-refractivity contribution is 1.48. The molecular weight excluding hydrogens is 252 g/mol. The predicted octanol–water partition coefficient (Wildman–Crippen LogP) is 3.69. The van der Waals surface area contributed by atoms with Gasteiger partial charge in [0.25, 0.3) is 0 Å². The number of benzene rings is 2. The van der Waals surface area contributed by atoms with Crippen LogP contribution < -0.4 is 0 Å². The van der Waals surface area contributed by atoms with E-state index in [0.717, 1.165) is 16.8 Å². The molecular formula is C16H8N2S. The topological polar surface area (TPSA) is 36.1 Å². The zero-order chi connectivity index (χ0) is 13.5. The van der Waals surface area contributed by atoms with E-state index in [4.69, 9.17) is 5.26 Å². The minimum absolute atomic E-state index is 0.632. The van der Waals surface area contributed by atoms with Crippen molar-refractivity contribution in [3.63, 3.8) is 0 Å². The molecule has 0 aromatic heterocycles. The Labute approximate surface area is 117 Å². The van der Waals surface area contributed by atoms with Crippen LogP contribution in [0, 0.1) is 23.2 Å². The van der Waals surface area contributed by atoms with Crippen LogP contribution in [0.25, 0.3) is 0 Å². The SMILES string of the molecule is N#Cc1ccc(C#Cc2ccc(N=C=S)cc2)cc1. The Morgan fingerprint density at radius 2 is 1.26 bits per heavy atom.